The fraction of sp³-hybridized carbons (Fsp3) is 0.294. The first-order chi connectivity index (χ1) is 12.0. The maximum atomic E-state index is 14.2. The van der Waals surface area contributed by atoms with Gasteiger partial charge in [-0.3, -0.25) is 5.32 Å². The van der Waals surface area contributed by atoms with Crippen LogP contribution in [0, 0.1) is 5.82 Å². The van der Waals surface area contributed by atoms with Gasteiger partial charge >= 0.3 is 6.03 Å². The number of benzene rings is 1. The lowest BCUT2D eigenvalue weighted by atomic mass is 10.1. The van der Waals surface area contributed by atoms with E-state index in [-0.39, 0.29) is 17.0 Å². The highest BCUT2D eigenvalue weighted by atomic mass is 35.5. The standard InChI is InChI=1S/C17H16Cl2FN3O2/c1-2-25-13-5-4-11(20)15(16(13)19)10-7-12(10)22-17(24)23-14-6-3-9(18)8-21-14/h3-6,8,10,12H,2,7H2,1H3,(H2,21,22,23,24)/t10-,12-/m1/s1. The molecule has 0 bridgehead atoms. The van der Waals surface area contributed by atoms with Crippen molar-refractivity contribution in [2.24, 2.45) is 0 Å². The van der Waals surface area contributed by atoms with Crippen LogP contribution >= 0.6 is 23.2 Å². The first-order valence-corrected chi connectivity index (χ1v) is 8.55. The molecule has 1 aliphatic carbocycles. The molecule has 1 heterocycles. The van der Waals surface area contributed by atoms with E-state index in [9.17, 15) is 9.18 Å². The zero-order valence-electron chi connectivity index (χ0n) is 13.4. The van der Waals surface area contributed by atoms with Gasteiger partial charge in [0.1, 0.15) is 17.4 Å². The van der Waals surface area contributed by atoms with Gasteiger partial charge in [0.15, 0.2) is 0 Å². The van der Waals surface area contributed by atoms with Crippen molar-refractivity contribution < 1.29 is 13.9 Å². The molecule has 2 atom stereocenters. The molecule has 1 aromatic heterocycles. The van der Waals surface area contributed by atoms with Crippen LogP contribution in [0.4, 0.5) is 15.0 Å². The number of urea groups is 1. The first kappa shape index (κ1) is 17.8. The van der Waals surface area contributed by atoms with Gasteiger partial charge < -0.3 is 10.1 Å². The van der Waals surface area contributed by atoms with Gasteiger partial charge in [-0.2, -0.15) is 0 Å². The van der Waals surface area contributed by atoms with Crippen LogP contribution < -0.4 is 15.4 Å². The van der Waals surface area contributed by atoms with Crippen LogP contribution in [-0.4, -0.2) is 23.7 Å². The summed E-state index contributed by atoms with van der Waals surface area (Å²) in [6.45, 7) is 2.27. The molecule has 0 saturated heterocycles. The van der Waals surface area contributed by atoms with E-state index in [2.05, 4.69) is 15.6 Å². The fourth-order valence-electron chi connectivity index (χ4n) is 2.60. The van der Waals surface area contributed by atoms with Gasteiger partial charge in [-0.15, -0.1) is 0 Å². The van der Waals surface area contributed by atoms with Crippen molar-refractivity contribution in [3.63, 3.8) is 0 Å². The number of ether oxygens (including phenoxy) is 1. The summed E-state index contributed by atoms with van der Waals surface area (Å²) >= 11 is 12.0. The van der Waals surface area contributed by atoms with Gasteiger partial charge in [0, 0.05) is 23.7 Å². The zero-order valence-corrected chi connectivity index (χ0v) is 14.9. The molecule has 2 aromatic rings. The predicted molar refractivity (Wildman–Crippen MR) is 95.1 cm³/mol. The number of carbonyl (C=O) groups is 1. The van der Waals surface area contributed by atoms with Gasteiger partial charge in [0.05, 0.1) is 16.7 Å². The summed E-state index contributed by atoms with van der Waals surface area (Å²) in [5.41, 5.74) is 0.377. The zero-order chi connectivity index (χ0) is 18.0. The van der Waals surface area contributed by atoms with Gasteiger partial charge in [0.25, 0.3) is 0 Å². The molecule has 132 valence electrons. The topological polar surface area (TPSA) is 63.2 Å². The minimum absolute atomic E-state index is 0.183. The van der Waals surface area contributed by atoms with Crippen molar-refractivity contribution in [3.8, 4) is 5.75 Å². The molecule has 2 N–H and O–H groups in total. The molecular formula is C17H16Cl2FN3O2. The Kier molecular flexibility index (Phi) is 5.30. The van der Waals surface area contributed by atoms with Gasteiger partial charge in [-0.05, 0) is 37.6 Å². The second-order valence-corrected chi connectivity index (χ2v) is 6.43. The Bertz CT molecular complexity index is 786. The molecule has 8 heteroatoms. The number of anilines is 1. The number of aromatic nitrogens is 1. The normalized spacial score (nSPS) is 18.6. The summed E-state index contributed by atoms with van der Waals surface area (Å²) in [4.78, 5) is 16.0. The summed E-state index contributed by atoms with van der Waals surface area (Å²) in [6, 6.07) is 5.44. The van der Waals surface area contributed by atoms with Crippen LogP contribution in [0.2, 0.25) is 10.0 Å². The second-order valence-electron chi connectivity index (χ2n) is 5.61. The number of nitrogens with zero attached hydrogens (tertiary/aromatic N) is 1. The van der Waals surface area contributed by atoms with E-state index in [4.69, 9.17) is 27.9 Å². The molecule has 1 aliphatic rings. The Morgan fingerprint density at radius 3 is 2.84 bits per heavy atom. The Balaban J connectivity index is 1.64. The summed E-state index contributed by atoms with van der Waals surface area (Å²) in [5.74, 6) is 0.238. The van der Waals surface area contributed by atoms with E-state index in [0.29, 0.717) is 35.2 Å². The molecule has 3 rings (SSSR count). The monoisotopic (exact) mass is 383 g/mol. The third kappa shape index (κ3) is 4.14. The van der Waals surface area contributed by atoms with E-state index in [1.807, 2.05) is 6.92 Å². The number of nitrogens with one attached hydrogen (secondary N) is 2. The van der Waals surface area contributed by atoms with Crippen molar-refractivity contribution in [1.82, 2.24) is 10.3 Å². The highest BCUT2D eigenvalue weighted by molar-refractivity contribution is 6.33. The molecule has 0 radical (unpaired) electrons. The first-order valence-electron chi connectivity index (χ1n) is 7.79. The molecule has 1 saturated carbocycles. The van der Waals surface area contributed by atoms with Crippen molar-refractivity contribution >= 4 is 35.1 Å². The second kappa shape index (κ2) is 7.45. The Hall–Kier alpha value is -2.05. The van der Waals surface area contributed by atoms with E-state index < -0.39 is 11.8 Å². The highest BCUT2D eigenvalue weighted by Gasteiger charge is 2.43. The molecule has 0 spiro atoms. The van der Waals surface area contributed by atoms with Crippen LogP contribution in [0.1, 0.15) is 24.8 Å². The molecule has 5 nitrogen and oxygen atoms in total. The van der Waals surface area contributed by atoms with Crippen molar-refractivity contribution in [2.45, 2.75) is 25.3 Å². The third-order valence-corrected chi connectivity index (χ3v) is 4.45. The molecule has 25 heavy (non-hydrogen) atoms. The van der Waals surface area contributed by atoms with Crippen LogP contribution in [0.5, 0.6) is 5.75 Å². The minimum atomic E-state index is -0.417. The molecule has 2 amide bonds. The number of carbonyl (C=O) groups excluding carboxylic acids is 1. The predicted octanol–water partition coefficient (Wildman–Crippen LogP) is 4.60. The Labute approximate surface area is 154 Å². The lowest BCUT2D eigenvalue weighted by Crippen LogP contribution is -2.31. The molecule has 1 fully saturated rings. The summed E-state index contributed by atoms with van der Waals surface area (Å²) < 4.78 is 19.6. The van der Waals surface area contributed by atoms with Gasteiger partial charge in [-0.25, -0.2) is 14.2 Å². The average molecular weight is 384 g/mol. The SMILES string of the molecule is CCOc1ccc(F)c([C@@H]2C[C@H]2NC(=O)Nc2ccc(Cl)cn2)c1Cl. The van der Waals surface area contributed by atoms with Crippen LogP contribution in [-0.2, 0) is 0 Å². The fourth-order valence-corrected chi connectivity index (χ4v) is 3.06. The smallest absolute Gasteiger partial charge is 0.320 e. The number of rotatable bonds is 5. The van der Waals surface area contributed by atoms with E-state index in [0.717, 1.165) is 0 Å². The Morgan fingerprint density at radius 2 is 2.16 bits per heavy atom. The van der Waals surface area contributed by atoms with E-state index >= 15 is 0 Å². The third-order valence-electron chi connectivity index (χ3n) is 3.84. The lowest BCUT2D eigenvalue weighted by molar-refractivity contribution is 0.251. The summed E-state index contributed by atoms with van der Waals surface area (Å²) in [6.07, 6.45) is 2.04. The number of hydrogen-bond acceptors (Lipinski definition) is 3. The molecular weight excluding hydrogens is 368 g/mol. The van der Waals surface area contributed by atoms with Crippen LogP contribution in [0.25, 0.3) is 0 Å². The van der Waals surface area contributed by atoms with Crippen LogP contribution in [0.3, 0.4) is 0 Å². The van der Waals surface area contributed by atoms with Crippen LogP contribution in [0.15, 0.2) is 30.5 Å². The van der Waals surface area contributed by atoms with Gasteiger partial charge in [-0.1, -0.05) is 23.2 Å². The Morgan fingerprint density at radius 1 is 1.36 bits per heavy atom. The number of halogens is 3. The molecule has 1 aromatic carbocycles. The van der Waals surface area contributed by atoms with Gasteiger partial charge in [0.2, 0.25) is 0 Å². The minimum Gasteiger partial charge on any atom is -0.492 e. The lowest BCUT2D eigenvalue weighted by Gasteiger charge is -2.12. The number of pyridine rings is 1. The largest absolute Gasteiger partial charge is 0.492 e. The maximum absolute atomic E-state index is 14.2. The van der Waals surface area contributed by atoms with E-state index in [1.165, 1.54) is 18.3 Å². The highest BCUT2D eigenvalue weighted by Crippen LogP contribution is 2.47. The molecule has 0 unspecified atom stereocenters. The van der Waals surface area contributed by atoms with E-state index in [1.54, 1.807) is 12.1 Å². The summed E-state index contributed by atoms with van der Waals surface area (Å²) in [7, 11) is 0. The van der Waals surface area contributed by atoms with Crippen molar-refractivity contribution in [1.29, 1.82) is 0 Å². The maximum Gasteiger partial charge on any atom is 0.320 e. The molecule has 0 aliphatic heterocycles. The number of hydrogen-bond donors (Lipinski definition) is 2. The summed E-state index contributed by atoms with van der Waals surface area (Å²) in [5, 5.41) is 6.12. The number of amides is 2. The quantitative estimate of drug-likeness (QED) is 0.792. The average Bonchev–Trinajstić information content (AvgIpc) is 3.31. The van der Waals surface area contributed by atoms with Crippen molar-refractivity contribution in [3.05, 3.63) is 51.9 Å². The van der Waals surface area contributed by atoms with Crippen molar-refractivity contribution in [2.75, 3.05) is 11.9 Å².